The molecule has 1 saturated carbocycles. The molecule has 84 valence electrons. The summed E-state index contributed by atoms with van der Waals surface area (Å²) >= 11 is 0. The van der Waals surface area contributed by atoms with Crippen molar-refractivity contribution in [3.63, 3.8) is 0 Å². The average molecular weight is 206 g/mol. The van der Waals surface area contributed by atoms with Gasteiger partial charge in [0.05, 0.1) is 12.0 Å². The average Bonchev–Trinajstić information content (AvgIpc) is 2.73. The van der Waals surface area contributed by atoms with Crippen molar-refractivity contribution in [1.82, 2.24) is 9.55 Å². The minimum atomic E-state index is 0.181. The molecule has 2 heteroatoms. The summed E-state index contributed by atoms with van der Waals surface area (Å²) in [4.78, 5) is 4.49. The van der Waals surface area contributed by atoms with Gasteiger partial charge in [0, 0.05) is 18.2 Å². The zero-order valence-corrected chi connectivity index (χ0v) is 10.2. The van der Waals surface area contributed by atoms with Crippen molar-refractivity contribution in [2.45, 2.75) is 58.4 Å². The van der Waals surface area contributed by atoms with E-state index in [-0.39, 0.29) is 5.41 Å². The Morgan fingerprint density at radius 2 is 2.00 bits per heavy atom. The van der Waals surface area contributed by atoms with Gasteiger partial charge in [0.1, 0.15) is 0 Å². The lowest BCUT2D eigenvalue weighted by atomic mass is 9.93. The Labute approximate surface area is 92.7 Å². The van der Waals surface area contributed by atoms with Crippen LogP contribution >= 0.6 is 0 Å². The van der Waals surface area contributed by atoms with Crippen molar-refractivity contribution >= 4 is 0 Å². The fraction of sp³-hybridized carbons (Fsp3) is 0.769. The SMILES string of the molecule is CC(C)(C)c1cn(CC2CCCC2)cn1. The molecule has 0 atom stereocenters. The molecule has 1 heterocycles. The van der Waals surface area contributed by atoms with Crippen LogP contribution in [0.5, 0.6) is 0 Å². The van der Waals surface area contributed by atoms with Gasteiger partial charge in [-0.2, -0.15) is 0 Å². The van der Waals surface area contributed by atoms with Gasteiger partial charge in [-0.1, -0.05) is 33.6 Å². The molecular weight excluding hydrogens is 184 g/mol. The summed E-state index contributed by atoms with van der Waals surface area (Å²) in [6.07, 6.45) is 9.88. The van der Waals surface area contributed by atoms with E-state index in [1.807, 2.05) is 6.33 Å². The Bertz CT molecular complexity index is 314. The predicted molar refractivity (Wildman–Crippen MR) is 62.9 cm³/mol. The van der Waals surface area contributed by atoms with Gasteiger partial charge in [-0.25, -0.2) is 4.98 Å². The highest BCUT2D eigenvalue weighted by atomic mass is 15.0. The van der Waals surface area contributed by atoms with E-state index in [1.54, 1.807) is 0 Å². The van der Waals surface area contributed by atoms with Gasteiger partial charge in [-0.15, -0.1) is 0 Å². The molecule has 0 aromatic carbocycles. The second-order valence-corrected chi connectivity index (χ2v) is 5.86. The second kappa shape index (κ2) is 3.99. The molecular formula is C13H22N2. The summed E-state index contributed by atoms with van der Waals surface area (Å²) in [5.41, 5.74) is 1.39. The summed E-state index contributed by atoms with van der Waals surface area (Å²) < 4.78 is 2.27. The van der Waals surface area contributed by atoms with Crippen LogP contribution in [0.3, 0.4) is 0 Å². The maximum absolute atomic E-state index is 4.49. The molecule has 1 aromatic heterocycles. The van der Waals surface area contributed by atoms with Crippen LogP contribution in [0.2, 0.25) is 0 Å². The zero-order chi connectivity index (χ0) is 10.9. The molecule has 0 spiro atoms. The lowest BCUT2D eigenvalue weighted by Crippen LogP contribution is -2.11. The first-order valence-corrected chi connectivity index (χ1v) is 6.08. The first-order chi connectivity index (χ1) is 7.05. The van der Waals surface area contributed by atoms with Gasteiger partial charge in [-0.3, -0.25) is 0 Å². The van der Waals surface area contributed by atoms with Crippen LogP contribution in [-0.4, -0.2) is 9.55 Å². The predicted octanol–water partition coefficient (Wildman–Crippen LogP) is 3.37. The first kappa shape index (κ1) is 10.7. The van der Waals surface area contributed by atoms with Crippen LogP contribution in [0, 0.1) is 5.92 Å². The molecule has 2 rings (SSSR count). The van der Waals surface area contributed by atoms with E-state index >= 15 is 0 Å². The number of hydrogen-bond donors (Lipinski definition) is 0. The topological polar surface area (TPSA) is 17.8 Å². The highest BCUT2D eigenvalue weighted by molar-refractivity contribution is 5.08. The molecule has 2 nitrogen and oxygen atoms in total. The quantitative estimate of drug-likeness (QED) is 0.725. The van der Waals surface area contributed by atoms with Gasteiger partial charge in [-0.05, 0) is 18.8 Å². The van der Waals surface area contributed by atoms with Crippen molar-refractivity contribution in [2.75, 3.05) is 0 Å². The van der Waals surface area contributed by atoms with E-state index in [4.69, 9.17) is 0 Å². The van der Waals surface area contributed by atoms with Crippen LogP contribution in [0.15, 0.2) is 12.5 Å². The third kappa shape index (κ3) is 2.61. The fourth-order valence-electron chi connectivity index (χ4n) is 2.34. The summed E-state index contributed by atoms with van der Waals surface area (Å²) in [6.45, 7) is 7.82. The number of nitrogens with zero attached hydrogens (tertiary/aromatic N) is 2. The van der Waals surface area contributed by atoms with Gasteiger partial charge in [0.15, 0.2) is 0 Å². The smallest absolute Gasteiger partial charge is 0.0949 e. The molecule has 0 N–H and O–H groups in total. The minimum absolute atomic E-state index is 0.181. The van der Waals surface area contributed by atoms with E-state index < -0.39 is 0 Å². The van der Waals surface area contributed by atoms with E-state index in [0.29, 0.717) is 0 Å². The molecule has 1 fully saturated rings. The Kier molecular flexibility index (Phi) is 2.85. The molecule has 0 amide bonds. The Morgan fingerprint density at radius 1 is 1.33 bits per heavy atom. The van der Waals surface area contributed by atoms with Crippen LogP contribution in [-0.2, 0) is 12.0 Å². The third-order valence-electron chi connectivity index (χ3n) is 3.35. The lowest BCUT2D eigenvalue weighted by molar-refractivity contribution is 0.456. The summed E-state index contributed by atoms with van der Waals surface area (Å²) in [5.74, 6) is 0.895. The Morgan fingerprint density at radius 3 is 2.53 bits per heavy atom. The second-order valence-electron chi connectivity index (χ2n) is 5.86. The molecule has 0 bridgehead atoms. The Balaban J connectivity index is 2.00. The highest BCUT2D eigenvalue weighted by Gasteiger charge is 2.19. The van der Waals surface area contributed by atoms with Gasteiger partial charge < -0.3 is 4.57 Å². The van der Waals surface area contributed by atoms with Crippen LogP contribution < -0.4 is 0 Å². The molecule has 0 aliphatic heterocycles. The van der Waals surface area contributed by atoms with Crippen LogP contribution in [0.4, 0.5) is 0 Å². The summed E-state index contributed by atoms with van der Waals surface area (Å²) in [6, 6.07) is 0. The van der Waals surface area contributed by atoms with E-state index in [9.17, 15) is 0 Å². The van der Waals surface area contributed by atoms with E-state index in [1.165, 1.54) is 37.9 Å². The largest absolute Gasteiger partial charge is 0.337 e. The summed E-state index contributed by atoms with van der Waals surface area (Å²) in [7, 11) is 0. The van der Waals surface area contributed by atoms with E-state index in [2.05, 4.69) is 36.5 Å². The van der Waals surface area contributed by atoms with Crippen LogP contribution in [0.25, 0.3) is 0 Å². The minimum Gasteiger partial charge on any atom is -0.337 e. The number of hydrogen-bond acceptors (Lipinski definition) is 1. The van der Waals surface area contributed by atoms with Crippen molar-refractivity contribution < 1.29 is 0 Å². The van der Waals surface area contributed by atoms with E-state index in [0.717, 1.165) is 5.92 Å². The molecule has 0 saturated heterocycles. The molecule has 1 aliphatic carbocycles. The molecule has 0 unspecified atom stereocenters. The monoisotopic (exact) mass is 206 g/mol. The third-order valence-corrected chi connectivity index (χ3v) is 3.35. The van der Waals surface area contributed by atoms with Crippen molar-refractivity contribution in [2.24, 2.45) is 5.92 Å². The number of aromatic nitrogens is 2. The van der Waals surface area contributed by atoms with Gasteiger partial charge >= 0.3 is 0 Å². The van der Waals surface area contributed by atoms with Gasteiger partial charge in [0.2, 0.25) is 0 Å². The number of imidazole rings is 1. The van der Waals surface area contributed by atoms with Crippen molar-refractivity contribution in [1.29, 1.82) is 0 Å². The maximum atomic E-state index is 4.49. The summed E-state index contributed by atoms with van der Waals surface area (Å²) in [5, 5.41) is 0. The Hall–Kier alpha value is -0.790. The fourth-order valence-corrected chi connectivity index (χ4v) is 2.34. The van der Waals surface area contributed by atoms with Crippen LogP contribution in [0.1, 0.15) is 52.1 Å². The van der Waals surface area contributed by atoms with Gasteiger partial charge in [0.25, 0.3) is 0 Å². The maximum Gasteiger partial charge on any atom is 0.0949 e. The highest BCUT2D eigenvalue weighted by Crippen LogP contribution is 2.27. The molecule has 15 heavy (non-hydrogen) atoms. The molecule has 1 aliphatic rings. The standard InChI is InChI=1S/C13H22N2/c1-13(2,3)12-9-15(10-14-12)8-11-6-4-5-7-11/h9-11H,4-8H2,1-3H3. The number of rotatable bonds is 2. The normalized spacial score (nSPS) is 18.6. The lowest BCUT2D eigenvalue weighted by Gasteiger charge is -2.14. The molecule has 0 radical (unpaired) electrons. The molecule has 1 aromatic rings. The first-order valence-electron chi connectivity index (χ1n) is 6.08. The zero-order valence-electron chi connectivity index (χ0n) is 10.2. The van der Waals surface area contributed by atoms with Crippen molar-refractivity contribution in [3.8, 4) is 0 Å². The van der Waals surface area contributed by atoms with Crippen molar-refractivity contribution in [3.05, 3.63) is 18.2 Å².